The van der Waals surface area contributed by atoms with E-state index in [9.17, 15) is 22.4 Å². The number of rotatable bonds is 7. The van der Waals surface area contributed by atoms with E-state index in [1.54, 1.807) is 18.2 Å². The number of thioether (sulfide) groups is 1. The van der Waals surface area contributed by atoms with Gasteiger partial charge >= 0.3 is 0 Å². The molecule has 0 saturated carbocycles. The fraction of sp³-hybridized carbons (Fsp3) is 0.300. The third-order valence-electron chi connectivity index (χ3n) is 4.58. The molecule has 10 heteroatoms. The third kappa shape index (κ3) is 5.38. The minimum absolute atomic E-state index is 0.00957. The number of hydrogen-bond donors (Lipinski definition) is 3. The van der Waals surface area contributed by atoms with Gasteiger partial charge in [0.05, 0.1) is 10.6 Å². The molecule has 0 aromatic heterocycles. The average molecular weight is 452 g/mol. The molecule has 1 heterocycles. The monoisotopic (exact) mass is 451 g/mol. The molecule has 2 aromatic rings. The van der Waals surface area contributed by atoms with Gasteiger partial charge in [0.2, 0.25) is 11.8 Å². The smallest absolute Gasteiger partial charge is 0.241 e. The number of carbonyl (C=O) groups excluding carboxylic acids is 2. The zero-order chi connectivity index (χ0) is 21.7. The maximum Gasteiger partial charge on any atom is 0.241 e. The molecular formula is C20H22FN3O4S2. The van der Waals surface area contributed by atoms with Crippen LogP contribution in [0.2, 0.25) is 0 Å². The summed E-state index contributed by atoms with van der Waals surface area (Å²) in [5, 5.41) is 6.84. The van der Waals surface area contributed by atoms with Crippen molar-refractivity contribution in [3.05, 3.63) is 59.9 Å². The average Bonchev–Trinajstić information content (AvgIpc) is 2.72. The second-order valence-corrected chi connectivity index (χ2v) is 9.92. The lowest BCUT2D eigenvalue weighted by atomic mass is 10.2. The minimum Gasteiger partial charge on any atom is -0.331 e. The zero-order valence-electron chi connectivity index (χ0n) is 16.2. The highest BCUT2D eigenvalue weighted by molar-refractivity contribution is 8.00. The standard InChI is InChI=1S/C20H22FN3O4S2/c1-2-13-6-8-16(9-7-13)30(27,28)17-11-22-20(24-19(17)26)29-12-18(25)23-15-5-3-4-14(21)10-15/h3-10,17,20,22H,2,11-12H2,1H3,(H,23,25)(H,24,26). The van der Waals surface area contributed by atoms with Crippen molar-refractivity contribution >= 4 is 39.1 Å². The summed E-state index contributed by atoms with van der Waals surface area (Å²) >= 11 is 1.10. The van der Waals surface area contributed by atoms with Crippen LogP contribution in [0.4, 0.5) is 10.1 Å². The van der Waals surface area contributed by atoms with Crippen LogP contribution in [0.15, 0.2) is 53.4 Å². The summed E-state index contributed by atoms with van der Waals surface area (Å²) in [7, 11) is -3.83. The molecule has 3 N–H and O–H groups in total. The molecular weight excluding hydrogens is 429 g/mol. The van der Waals surface area contributed by atoms with Crippen LogP contribution in [0.3, 0.4) is 0 Å². The summed E-state index contributed by atoms with van der Waals surface area (Å²) in [5.74, 6) is -1.45. The van der Waals surface area contributed by atoms with Crippen LogP contribution >= 0.6 is 11.8 Å². The van der Waals surface area contributed by atoms with Crippen LogP contribution in [0.25, 0.3) is 0 Å². The van der Waals surface area contributed by atoms with E-state index in [0.29, 0.717) is 5.69 Å². The second-order valence-electron chi connectivity index (χ2n) is 6.70. The number of nitrogens with one attached hydrogen (secondary N) is 3. The molecule has 0 bridgehead atoms. The van der Waals surface area contributed by atoms with Crippen LogP contribution in [0, 0.1) is 5.82 Å². The largest absolute Gasteiger partial charge is 0.331 e. The molecule has 2 unspecified atom stereocenters. The van der Waals surface area contributed by atoms with E-state index in [1.165, 1.54) is 30.3 Å². The quantitative estimate of drug-likeness (QED) is 0.594. The molecule has 0 spiro atoms. The number of hydrogen-bond acceptors (Lipinski definition) is 6. The van der Waals surface area contributed by atoms with Crippen molar-refractivity contribution in [3.8, 4) is 0 Å². The van der Waals surface area contributed by atoms with Crippen LogP contribution in [0.5, 0.6) is 0 Å². The molecule has 1 fully saturated rings. The van der Waals surface area contributed by atoms with Crippen molar-refractivity contribution in [2.24, 2.45) is 0 Å². The summed E-state index contributed by atoms with van der Waals surface area (Å²) in [4.78, 5) is 24.6. The van der Waals surface area contributed by atoms with Gasteiger partial charge in [-0.15, -0.1) is 11.8 Å². The molecule has 7 nitrogen and oxygen atoms in total. The van der Waals surface area contributed by atoms with Gasteiger partial charge in [0, 0.05) is 12.2 Å². The highest BCUT2D eigenvalue weighted by Crippen LogP contribution is 2.21. The van der Waals surface area contributed by atoms with E-state index in [4.69, 9.17) is 0 Å². The molecule has 2 amide bonds. The SMILES string of the molecule is CCc1ccc(S(=O)(=O)C2CNC(SCC(=O)Nc3cccc(F)c3)NC2=O)cc1. The molecule has 0 aliphatic carbocycles. The van der Waals surface area contributed by atoms with Gasteiger partial charge in [-0.25, -0.2) is 12.8 Å². The summed E-state index contributed by atoms with van der Waals surface area (Å²) in [6.45, 7) is 1.91. The summed E-state index contributed by atoms with van der Waals surface area (Å²) in [5.41, 5.74) is 0.735. The number of carbonyl (C=O) groups is 2. The molecule has 1 aliphatic heterocycles. The van der Waals surface area contributed by atoms with E-state index in [1.807, 2.05) is 6.92 Å². The Morgan fingerprint density at radius 1 is 1.23 bits per heavy atom. The first-order chi connectivity index (χ1) is 14.3. The first-order valence-corrected chi connectivity index (χ1v) is 11.9. The van der Waals surface area contributed by atoms with E-state index < -0.39 is 32.3 Å². The van der Waals surface area contributed by atoms with Gasteiger partial charge in [-0.1, -0.05) is 25.1 Å². The Kier molecular flexibility index (Phi) is 7.11. The van der Waals surface area contributed by atoms with Gasteiger partial charge in [0.1, 0.15) is 11.3 Å². The first kappa shape index (κ1) is 22.3. The number of anilines is 1. The van der Waals surface area contributed by atoms with Gasteiger partial charge in [0.25, 0.3) is 0 Å². The van der Waals surface area contributed by atoms with E-state index in [0.717, 1.165) is 23.7 Å². The first-order valence-electron chi connectivity index (χ1n) is 9.33. The van der Waals surface area contributed by atoms with Crippen molar-refractivity contribution in [2.45, 2.75) is 29.0 Å². The van der Waals surface area contributed by atoms with Crippen LogP contribution < -0.4 is 16.0 Å². The molecule has 1 aliphatic rings. The third-order valence-corrected chi connectivity index (χ3v) is 7.68. The Labute approximate surface area is 178 Å². The van der Waals surface area contributed by atoms with Crippen LogP contribution in [-0.2, 0) is 25.8 Å². The lowest BCUT2D eigenvalue weighted by Gasteiger charge is -2.29. The van der Waals surface area contributed by atoms with Crippen molar-refractivity contribution < 1.29 is 22.4 Å². The van der Waals surface area contributed by atoms with Gasteiger partial charge in [0.15, 0.2) is 15.1 Å². The summed E-state index contributed by atoms with van der Waals surface area (Å²) in [6.07, 6.45) is 0.789. The molecule has 2 atom stereocenters. The molecule has 2 aromatic carbocycles. The Balaban J connectivity index is 1.54. The Hall–Kier alpha value is -2.43. The number of halogens is 1. The molecule has 30 heavy (non-hydrogen) atoms. The Bertz CT molecular complexity index is 1030. The lowest BCUT2D eigenvalue weighted by molar-refractivity contribution is -0.122. The highest BCUT2D eigenvalue weighted by atomic mass is 32.2. The number of sulfone groups is 1. The van der Waals surface area contributed by atoms with Gasteiger partial charge < -0.3 is 10.6 Å². The number of aryl methyl sites for hydroxylation is 1. The fourth-order valence-electron chi connectivity index (χ4n) is 2.93. The van der Waals surface area contributed by atoms with Crippen LogP contribution in [-0.4, -0.2) is 43.3 Å². The van der Waals surface area contributed by atoms with Gasteiger partial charge in [-0.3, -0.25) is 14.9 Å². The second kappa shape index (κ2) is 9.59. The molecule has 160 valence electrons. The predicted octanol–water partition coefficient (Wildman–Crippen LogP) is 1.91. The topological polar surface area (TPSA) is 104 Å². The normalized spacial score (nSPS) is 19.2. The predicted molar refractivity (Wildman–Crippen MR) is 114 cm³/mol. The van der Waals surface area contributed by atoms with E-state index in [2.05, 4.69) is 16.0 Å². The fourth-order valence-corrected chi connectivity index (χ4v) is 5.25. The lowest BCUT2D eigenvalue weighted by Crippen LogP contribution is -2.59. The Morgan fingerprint density at radius 3 is 2.60 bits per heavy atom. The van der Waals surface area contributed by atoms with E-state index >= 15 is 0 Å². The number of amides is 2. The van der Waals surface area contributed by atoms with Crippen LogP contribution in [0.1, 0.15) is 12.5 Å². The molecule has 0 radical (unpaired) electrons. The van der Waals surface area contributed by atoms with Gasteiger partial charge in [-0.2, -0.15) is 0 Å². The van der Waals surface area contributed by atoms with E-state index in [-0.39, 0.29) is 23.1 Å². The minimum atomic E-state index is -3.83. The van der Waals surface area contributed by atoms with Crippen molar-refractivity contribution in [2.75, 3.05) is 17.6 Å². The van der Waals surface area contributed by atoms with Gasteiger partial charge in [-0.05, 0) is 42.3 Å². The summed E-state index contributed by atoms with van der Waals surface area (Å²) < 4.78 is 38.8. The summed E-state index contributed by atoms with van der Waals surface area (Å²) in [6, 6.07) is 12.0. The van der Waals surface area contributed by atoms with Crippen molar-refractivity contribution in [1.82, 2.24) is 10.6 Å². The van der Waals surface area contributed by atoms with Crippen molar-refractivity contribution in [1.29, 1.82) is 0 Å². The number of benzene rings is 2. The zero-order valence-corrected chi connectivity index (χ0v) is 17.9. The van der Waals surface area contributed by atoms with Crippen molar-refractivity contribution in [3.63, 3.8) is 0 Å². The molecule has 1 saturated heterocycles. The highest BCUT2D eigenvalue weighted by Gasteiger charge is 2.38. The molecule has 3 rings (SSSR count). The Morgan fingerprint density at radius 2 is 1.97 bits per heavy atom. The maximum atomic E-state index is 13.2. The maximum absolute atomic E-state index is 13.2.